The van der Waals surface area contributed by atoms with Gasteiger partial charge in [0.2, 0.25) is 0 Å². The van der Waals surface area contributed by atoms with Crippen LogP contribution < -0.4 is 4.90 Å². The SMILES string of the molecule is c1ccc(N(c2ccccc2-c2cc(-c3ccc4c(c3)c3ccccc3n4-c3ccccc3)cc(-c3ccc4c5ccccc5n(-c5ccccc5)c4c3)c2)c2cccc3ccccc23)cc1. The number of anilines is 3. The Labute approximate surface area is 389 Å². The van der Waals surface area contributed by atoms with Crippen LogP contribution in [0.25, 0.3) is 99.1 Å². The molecule has 0 aliphatic carbocycles. The van der Waals surface area contributed by atoms with E-state index in [2.05, 4.69) is 275 Å². The summed E-state index contributed by atoms with van der Waals surface area (Å²) in [7, 11) is 0. The molecule has 3 heteroatoms. The number of fused-ring (bicyclic) bond motifs is 7. The zero-order chi connectivity index (χ0) is 44.3. The van der Waals surface area contributed by atoms with Crippen LogP contribution in [0, 0.1) is 0 Å². The molecule has 13 rings (SSSR count). The highest BCUT2D eigenvalue weighted by atomic mass is 15.1. The molecule has 0 aliphatic rings. The Bertz CT molecular complexity index is 3970. The van der Waals surface area contributed by atoms with Crippen LogP contribution in [-0.2, 0) is 0 Å². The molecule has 11 aromatic carbocycles. The minimum absolute atomic E-state index is 1.10. The van der Waals surface area contributed by atoms with E-state index in [1.807, 2.05) is 0 Å². The van der Waals surface area contributed by atoms with Gasteiger partial charge in [0.15, 0.2) is 0 Å². The fourth-order valence-electron chi connectivity index (χ4n) is 10.4. The zero-order valence-corrected chi connectivity index (χ0v) is 36.7. The van der Waals surface area contributed by atoms with E-state index in [9.17, 15) is 0 Å². The van der Waals surface area contributed by atoms with E-state index < -0.39 is 0 Å². The molecule has 0 fully saturated rings. The Balaban J connectivity index is 1.06. The zero-order valence-electron chi connectivity index (χ0n) is 36.7. The van der Waals surface area contributed by atoms with Crippen LogP contribution in [0.4, 0.5) is 17.1 Å². The summed E-state index contributed by atoms with van der Waals surface area (Å²) in [6, 6.07) is 95.1. The lowest BCUT2D eigenvalue weighted by Crippen LogP contribution is -2.11. The predicted octanol–water partition coefficient (Wildman–Crippen LogP) is 17.5. The summed E-state index contributed by atoms with van der Waals surface area (Å²) >= 11 is 0. The van der Waals surface area contributed by atoms with Gasteiger partial charge in [-0.3, -0.25) is 0 Å². The first-order chi connectivity index (χ1) is 33.2. The van der Waals surface area contributed by atoms with Gasteiger partial charge in [-0.25, -0.2) is 0 Å². The molecule has 13 aromatic rings. The summed E-state index contributed by atoms with van der Waals surface area (Å²) in [5, 5.41) is 7.34. The number of nitrogens with zero attached hydrogens (tertiary/aromatic N) is 3. The first-order valence-electron chi connectivity index (χ1n) is 23.0. The van der Waals surface area contributed by atoms with Crippen LogP contribution in [0.15, 0.2) is 261 Å². The largest absolute Gasteiger partial charge is 0.309 e. The Morgan fingerprint density at radius 1 is 0.254 bits per heavy atom. The van der Waals surface area contributed by atoms with Gasteiger partial charge >= 0.3 is 0 Å². The molecular weight excluding hydrogens is 811 g/mol. The van der Waals surface area contributed by atoms with Crippen molar-refractivity contribution in [2.45, 2.75) is 0 Å². The van der Waals surface area contributed by atoms with Crippen LogP contribution in [-0.4, -0.2) is 9.13 Å². The molecular formula is C64H43N3. The number of aromatic nitrogens is 2. The van der Waals surface area contributed by atoms with E-state index in [1.54, 1.807) is 0 Å². The van der Waals surface area contributed by atoms with Crippen LogP contribution >= 0.6 is 0 Å². The molecule has 0 unspecified atom stereocenters. The molecule has 0 aliphatic heterocycles. The predicted molar refractivity (Wildman–Crippen MR) is 284 cm³/mol. The molecule has 3 nitrogen and oxygen atoms in total. The van der Waals surface area contributed by atoms with Gasteiger partial charge in [0.25, 0.3) is 0 Å². The lowest BCUT2D eigenvalue weighted by molar-refractivity contribution is 1.18. The Morgan fingerprint density at radius 3 is 1.45 bits per heavy atom. The number of para-hydroxylation sites is 6. The second-order valence-corrected chi connectivity index (χ2v) is 17.3. The van der Waals surface area contributed by atoms with E-state index in [0.29, 0.717) is 0 Å². The van der Waals surface area contributed by atoms with Crippen molar-refractivity contribution in [3.05, 3.63) is 261 Å². The fraction of sp³-hybridized carbons (Fsp3) is 0. The normalized spacial score (nSPS) is 11.6. The molecule has 0 radical (unpaired) electrons. The first kappa shape index (κ1) is 38.5. The minimum atomic E-state index is 1.10. The van der Waals surface area contributed by atoms with Gasteiger partial charge in [0, 0.05) is 49.6 Å². The Morgan fingerprint density at radius 2 is 0.731 bits per heavy atom. The summed E-state index contributed by atoms with van der Waals surface area (Å²) in [6.45, 7) is 0. The van der Waals surface area contributed by atoms with Crippen molar-refractivity contribution in [1.29, 1.82) is 0 Å². The first-order valence-corrected chi connectivity index (χ1v) is 23.0. The van der Waals surface area contributed by atoms with Crippen molar-refractivity contribution in [1.82, 2.24) is 9.13 Å². The van der Waals surface area contributed by atoms with Gasteiger partial charge in [-0.15, -0.1) is 0 Å². The van der Waals surface area contributed by atoms with Crippen LogP contribution in [0.3, 0.4) is 0 Å². The summed E-state index contributed by atoms with van der Waals surface area (Å²) in [5.41, 5.74) is 17.3. The van der Waals surface area contributed by atoms with Crippen LogP contribution in [0.5, 0.6) is 0 Å². The number of hydrogen-bond donors (Lipinski definition) is 0. The highest BCUT2D eigenvalue weighted by Crippen LogP contribution is 2.46. The molecule has 0 atom stereocenters. The minimum Gasteiger partial charge on any atom is -0.309 e. The molecule has 2 heterocycles. The van der Waals surface area contributed by atoms with E-state index in [4.69, 9.17) is 0 Å². The Kier molecular flexibility index (Phi) is 9.17. The van der Waals surface area contributed by atoms with Gasteiger partial charge in [0.1, 0.15) is 0 Å². The monoisotopic (exact) mass is 853 g/mol. The molecule has 0 amide bonds. The molecule has 0 bridgehead atoms. The van der Waals surface area contributed by atoms with Gasteiger partial charge in [-0.2, -0.15) is 0 Å². The van der Waals surface area contributed by atoms with Gasteiger partial charge in [0.05, 0.1) is 33.4 Å². The van der Waals surface area contributed by atoms with Gasteiger partial charge in [-0.1, -0.05) is 164 Å². The molecule has 2 aromatic heterocycles. The molecule has 0 saturated carbocycles. The maximum Gasteiger partial charge on any atom is 0.0547 e. The van der Waals surface area contributed by atoms with Crippen LogP contribution in [0.2, 0.25) is 0 Å². The van der Waals surface area contributed by atoms with Crippen molar-refractivity contribution >= 4 is 71.4 Å². The third-order valence-corrected chi connectivity index (χ3v) is 13.5. The topological polar surface area (TPSA) is 13.1 Å². The number of benzene rings is 11. The van der Waals surface area contributed by atoms with E-state index >= 15 is 0 Å². The third-order valence-electron chi connectivity index (χ3n) is 13.5. The average Bonchev–Trinajstić information content (AvgIpc) is 3.92. The van der Waals surface area contributed by atoms with E-state index in [0.717, 1.165) is 61.8 Å². The molecule has 314 valence electrons. The maximum absolute atomic E-state index is 2.43. The van der Waals surface area contributed by atoms with E-state index in [1.165, 1.54) is 54.4 Å². The van der Waals surface area contributed by atoms with Gasteiger partial charge < -0.3 is 14.0 Å². The maximum atomic E-state index is 2.43. The fourth-order valence-corrected chi connectivity index (χ4v) is 10.4. The van der Waals surface area contributed by atoms with Crippen molar-refractivity contribution in [3.8, 4) is 44.8 Å². The second kappa shape index (κ2) is 16.0. The highest BCUT2D eigenvalue weighted by molar-refractivity contribution is 6.12. The van der Waals surface area contributed by atoms with Crippen LogP contribution in [0.1, 0.15) is 0 Å². The molecule has 67 heavy (non-hydrogen) atoms. The van der Waals surface area contributed by atoms with Gasteiger partial charge in [-0.05, 0) is 130 Å². The van der Waals surface area contributed by atoms with E-state index in [-0.39, 0.29) is 0 Å². The lowest BCUT2D eigenvalue weighted by Gasteiger charge is -2.29. The van der Waals surface area contributed by atoms with Crippen molar-refractivity contribution in [2.75, 3.05) is 4.90 Å². The number of rotatable bonds is 8. The average molecular weight is 854 g/mol. The quantitative estimate of drug-likeness (QED) is 0.148. The smallest absolute Gasteiger partial charge is 0.0547 e. The third kappa shape index (κ3) is 6.51. The summed E-state index contributed by atoms with van der Waals surface area (Å²) in [4.78, 5) is 2.43. The second-order valence-electron chi connectivity index (χ2n) is 17.3. The molecule has 0 N–H and O–H groups in total. The summed E-state index contributed by atoms with van der Waals surface area (Å²) in [6.07, 6.45) is 0. The van der Waals surface area contributed by atoms with Crippen molar-refractivity contribution in [3.63, 3.8) is 0 Å². The lowest BCUT2D eigenvalue weighted by atomic mass is 9.91. The summed E-state index contributed by atoms with van der Waals surface area (Å²) in [5.74, 6) is 0. The standard InChI is InChI=1S/C64H43N3/c1-4-21-50(22-5-1)65(60-34-18-20-44-19-10-11-27-53(44)60)59-31-15-12-28-54(59)49-40-47(45-36-38-63-58(42-45)56-30-14-17-33-62(56)66(63)51-23-6-2-7-24-51)39-48(41-49)46-35-37-57-55-29-13-16-32-61(55)67(64(57)43-46)52-25-8-3-9-26-52/h1-43H. The molecule has 0 spiro atoms. The van der Waals surface area contributed by atoms with Crippen molar-refractivity contribution < 1.29 is 0 Å². The molecule has 0 saturated heterocycles. The Hall–Kier alpha value is -8.92. The number of hydrogen-bond acceptors (Lipinski definition) is 1. The highest BCUT2D eigenvalue weighted by Gasteiger charge is 2.21. The summed E-state index contributed by atoms with van der Waals surface area (Å²) < 4.78 is 4.80. The van der Waals surface area contributed by atoms with Crippen molar-refractivity contribution in [2.24, 2.45) is 0 Å².